The van der Waals surface area contributed by atoms with Gasteiger partial charge >= 0.3 is 0 Å². The number of carbonyl (C=O) groups excluding carboxylic acids is 1. The maximum Gasteiger partial charge on any atom is 0.251 e. The molecule has 7 heteroatoms. The first-order valence-electron chi connectivity index (χ1n) is 7.76. The molecule has 0 spiro atoms. The van der Waals surface area contributed by atoms with Crippen molar-refractivity contribution in [2.24, 2.45) is 5.92 Å². The predicted octanol–water partition coefficient (Wildman–Crippen LogP) is 1.22. The number of aliphatic hydroxyl groups is 1. The summed E-state index contributed by atoms with van der Waals surface area (Å²) in [6.07, 6.45) is 3.45. The molecule has 1 fully saturated rings. The summed E-state index contributed by atoms with van der Waals surface area (Å²) < 4.78 is 1.45. The van der Waals surface area contributed by atoms with Crippen LogP contribution in [0.3, 0.4) is 0 Å². The Hall–Kier alpha value is -2.85. The van der Waals surface area contributed by atoms with Crippen molar-refractivity contribution < 1.29 is 9.90 Å². The van der Waals surface area contributed by atoms with Crippen LogP contribution in [0.15, 0.2) is 30.5 Å². The summed E-state index contributed by atoms with van der Waals surface area (Å²) >= 11 is 0. The molecule has 4 N–H and O–H groups in total. The van der Waals surface area contributed by atoms with Gasteiger partial charge in [0, 0.05) is 5.56 Å². The molecular weight excluding hydrogens is 306 g/mol. The molecule has 24 heavy (non-hydrogen) atoms. The number of anilines is 1. The van der Waals surface area contributed by atoms with Crippen LogP contribution in [0.25, 0.3) is 5.69 Å². The number of hydrogen-bond donors (Lipinski definition) is 3. The Morgan fingerprint density at radius 3 is 2.67 bits per heavy atom. The third-order valence-corrected chi connectivity index (χ3v) is 4.51. The second-order valence-electron chi connectivity index (χ2n) is 6.32. The van der Waals surface area contributed by atoms with Gasteiger partial charge in [-0.1, -0.05) is 0 Å². The zero-order valence-corrected chi connectivity index (χ0v) is 13.4. The standard InChI is InChI=1S/C17H19N5O2/c1-17(10-23,13-4-5-13)21-16(24)11-2-6-14(7-3-11)22-15(19)12(8-18)9-20-22/h2-3,6-7,9,13,23H,4-5,10,19H2,1H3,(H,21,24). The molecule has 1 atom stereocenters. The Balaban J connectivity index is 1.78. The van der Waals surface area contributed by atoms with Gasteiger partial charge in [0.2, 0.25) is 0 Å². The zero-order valence-electron chi connectivity index (χ0n) is 13.4. The van der Waals surface area contributed by atoms with Gasteiger partial charge in [0.1, 0.15) is 17.5 Å². The Morgan fingerprint density at radius 2 is 2.17 bits per heavy atom. The second-order valence-corrected chi connectivity index (χ2v) is 6.32. The number of nitrogens with two attached hydrogens (primary N) is 1. The Labute approximate surface area is 139 Å². The summed E-state index contributed by atoms with van der Waals surface area (Å²) in [6.45, 7) is 1.78. The molecule has 1 aliphatic rings. The van der Waals surface area contributed by atoms with Gasteiger partial charge < -0.3 is 16.2 Å². The quantitative estimate of drug-likeness (QED) is 0.764. The maximum atomic E-state index is 12.4. The first-order valence-corrected chi connectivity index (χ1v) is 7.76. The topological polar surface area (TPSA) is 117 Å². The van der Waals surface area contributed by atoms with Crippen LogP contribution in [0.1, 0.15) is 35.7 Å². The summed E-state index contributed by atoms with van der Waals surface area (Å²) in [7, 11) is 0. The van der Waals surface area contributed by atoms with Crippen molar-refractivity contribution >= 4 is 11.7 Å². The fourth-order valence-corrected chi connectivity index (χ4v) is 2.73. The van der Waals surface area contributed by atoms with Gasteiger partial charge in [-0.25, -0.2) is 4.68 Å². The fraction of sp³-hybridized carbons (Fsp3) is 0.353. The first kappa shape index (κ1) is 16.0. The minimum atomic E-state index is -0.580. The number of benzene rings is 1. The molecule has 0 aliphatic heterocycles. The third kappa shape index (κ3) is 2.84. The van der Waals surface area contributed by atoms with E-state index >= 15 is 0 Å². The highest BCUT2D eigenvalue weighted by Crippen LogP contribution is 2.39. The number of aromatic nitrogens is 2. The van der Waals surface area contributed by atoms with E-state index < -0.39 is 5.54 Å². The number of nitrogen functional groups attached to an aromatic ring is 1. The Bertz CT molecular complexity index is 801. The van der Waals surface area contributed by atoms with Crippen LogP contribution >= 0.6 is 0 Å². The highest BCUT2D eigenvalue weighted by atomic mass is 16.3. The van der Waals surface area contributed by atoms with Crippen molar-refractivity contribution in [1.82, 2.24) is 15.1 Å². The molecule has 1 saturated carbocycles. The summed E-state index contributed by atoms with van der Waals surface area (Å²) in [6, 6.07) is 8.74. The average Bonchev–Trinajstić information content (AvgIpc) is 3.39. The van der Waals surface area contributed by atoms with Crippen LogP contribution in [-0.2, 0) is 0 Å². The van der Waals surface area contributed by atoms with Crippen molar-refractivity contribution in [3.8, 4) is 11.8 Å². The monoisotopic (exact) mass is 325 g/mol. The third-order valence-electron chi connectivity index (χ3n) is 4.51. The number of nitriles is 1. The number of rotatable bonds is 5. The largest absolute Gasteiger partial charge is 0.394 e. The zero-order chi connectivity index (χ0) is 17.3. The molecule has 0 radical (unpaired) electrons. The van der Waals surface area contributed by atoms with E-state index in [4.69, 9.17) is 11.0 Å². The molecule has 7 nitrogen and oxygen atoms in total. The van der Waals surface area contributed by atoms with E-state index in [1.807, 2.05) is 13.0 Å². The number of amides is 1. The van der Waals surface area contributed by atoms with Crippen LogP contribution in [0, 0.1) is 17.2 Å². The molecule has 0 bridgehead atoms. The van der Waals surface area contributed by atoms with Crippen LogP contribution in [0.5, 0.6) is 0 Å². The van der Waals surface area contributed by atoms with Gasteiger partial charge in [0.15, 0.2) is 0 Å². The van der Waals surface area contributed by atoms with Crippen molar-refractivity contribution in [3.63, 3.8) is 0 Å². The minimum Gasteiger partial charge on any atom is -0.394 e. The number of nitrogens with zero attached hydrogens (tertiary/aromatic N) is 3. The molecule has 0 saturated heterocycles. The SMILES string of the molecule is CC(CO)(NC(=O)c1ccc(-n2ncc(C#N)c2N)cc1)C1CC1. The molecule has 1 aliphatic carbocycles. The van der Waals surface area contributed by atoms with Crippen LogP contribution < -0.4 is 11.1 Å². The van der Waals surface area contributed by atoms with E-state index in [1.54, 1.807) is 24.3 Å². The highest BCUT2D eigenvalue weighted by Gasteiger charge is 2.42. The number of aliphatic hydroxyl groups excluding tert-OH is 1. The Morgan fingerprint density at radius 1 is 1.50 bits per heavy atom. The van der Waals surface area contributed by atoms with Crippen molar-refractivity contribution in [3.05, 3.63) is 41.6 Å². The van der Waals surface area contributed by atoms with E-state index in [1.165, 1.54) is 10.9 Å². The minimum absolute atomic E-state index is 0.0811. The van der Waals surface area contributed by atoms with Gasteiger partial charge in [-0.15, -0.1) is 0 Å². The number of carbonyl (C=O) groups is 1. The van der Waals surface area contributed by atoms with E-state index in [9.17, 15) is 9.90 Å². The van der Waals surface area contributed by atoms with Gasteiger partial charge in [-0.2, -0.15) is 10.4 Å². The van der Waals surface area contributed by atoms with E-state index in [-0.39, 0.29) is 18.3 Å². The molecule has 1 heterocycles. The highest BCUT2D eigenvalue weighted by molar-refractivity contribution is 5.95. The lowest BCUT2D eigenvalue weighted by atomic mass is 9.96. The van der Waals surface area contributed by atoms with E-state index in [0.29, 0.717) is 22.7 Å². The van der Waals surface area contributed by atoms with Crippen LogP contribution in [0.4, 0.5) is 5.82 Å². The van der Waals surface area contributed by atoms with Crippen molar-refractivity contribution in [2.75, 3.05) is 12.3 Å². The van der Waals surface area contributed by atoms with E-state index in [2.05, 4.69) is 10.4 Å². The van der Waals surface area contributed by atoms with E-state index in [0.717, 1.165) is 12.8 Å². The Kier molecular flexibility index (Phi) is 3.99. The number of nitrogens with one attached hydrogen (secondary N) is 1. The van der Waals surface area contributed by atoms with Crippen LogP contribution in [0.2, 0.25) is 0 Å². The van der Waals surface area contributed by atoms with Crippen molar-refractivity contribution in [1.29, 1.82) is 5.26 Å². The average molecular weight is 325 g/mol. The molecular formula is C17H19N5O2. The van der Waals surface area contributed by atoms with Crippen LogP contribution in [-0.4, -0.2) is 32.9 Å². The summed E-state index contributed by atoms with van der Waals surface area (Å²) in [5.74, 6) is 0.367. The molecule has 1 aromatic heterocycles. The van der Waals surface area contributed by atoms with Gasteiger partial charge in [0.05, 0.1) is 24.0 Å². The van der Waals surface area contributed by atoms with Gasteiger partial charge in [0.25, 0.3) is 5.91 Å². The maximum absolute atomic E-state index is 12.4. The lowest BCUT2D eigenvalue weighted by Crippen LogP contribution is -2.50. The summed E-state index contributed by atoms with van der Waals surface area (Å²) in [4.78, 5) is 12.4. The normalized spacial score (nSPS) is 16.2. The first-order chi connectivity index (χ1) is 11.5. The lowest BCUT2D eigenvalue weighted by molar-refractivity contribution is 0.0824. The van der Waals surface area contributed by atoms with Gasteiger partial charge in [-0.05, 0) is 49.9 Å². The molecule has 1 amide bonds. The number of hydrogen-bond acceptors (Lipinski definition) is 5. The molecule has 124 valence electrons. The molecule has 2 aromatic rings. The summed E-state index contributed by atoms with van der Waals surface area (Å²) in [5, 5.41) is 25.5. The molecule has 1 unspecified atom stereocenters. The predicted molar refractivity (Wildman–Crippen MR) is 88.4 cm³/mol. The molecule has 1 aromatic carbocycles. The second kappa shape index (κ2) is 5.98. The summed E-state index contributed by atoms with van der Waals surface area (Å²) in [5.41, 5.74) is 6.74. The molecule has 3 rings (SSSR count). The lowest BCUT2D eigenvalue weighted by Gasteiger charge is -2.28. The fourth-order valence-electron chi connectivity index (χ4n) is 2.73. The van der Waals surface area contributed by atoms with Gasteiger partial charge in [-0.3, -0.25) is 4.79 Å². The van der Waals surface area contributed by atoms with Crippen molar-refractivity contribution in [2.45, 2.75) is 25.3 Å². The smallest absolute Gasteiger partial charge is 0.251 e.